The SMILES string of the molecule is CCCCC(N)c1ncc(Cl)cc1Cl. The second-order valence-corrected chi connectivity index (χ2v) is 4.11. The molecule has 0 aliphatic rings. The zero-order valence-electron chi connectivity index (χ0n) is 8.13. The first-order valence-corrected chi connectivity index (χ1v) is 5.47. The first-order chi connectivity index (χ1) is 6.65. The van der Waals surface area contributed by atoms with E-state index in [0.29, 0.717) is 10.0 Å². The molecule has 0 saturated carbocycles. The van der Waals surface area contributed by atoms with Crippen molar-refractivity contribution in [1.82, 2.24) is 4.98 Å². The van der Waals surface area contributed by atoms with Crippen LogP contribution in [0.3, 0.4) is 0 Å². The van der Waals surface area contributed by atoms with Gasteiger partial charge in [-0.25, -0.2) is 0 Å². The van der Waals surface area contributed by atoms with Crippen molar-refractivity contribution in [1.29, 1.82) is 0 Å². The smallest absolute Gasteiger partial charge is 0.0757 e. The van der Waals surface area contributed by atoms with E-state index < -0.39 is 0 Å². The highest BCUT2D eigenvalue weighted by atomic mass is 35.5. The molecule has 0 radical (unpaired) electrons. The Kier molecular flexibility index (Phi) is 4.66. The molecule has 2 nitrogen and oxygen atoms in total. The van der Waals surface area contributed by atoms with Crippen molar-refractivity contribution >= 4 is 23.2 Å². The number of rotatable bonds is 4. The van der Waals surface area contributed by atoms with E-state index >= 15 is 0 Å². The van der Waals surface area contributed by atoms with Crippen LogP contribution in [0.25, 0.3) is 0 Å². The maximum absolute atomic E-state index is 5.98. The Bertz CT molecular complexity index is 302. The van der Waals surface area contributed by atoms with E-state index in [0.717, 1.165) is 25.0 Å². The van der Waals surface area contributed by atoms with Crippen LogP contribution in [0, 0.1) is 0 Å². The van der Waals surface area contributed by atoms with E-state index in [2.05, 4.69) is 11.9 Å². The third-order valence-electron chi connectivity index (χ3n) is 2.06. The molecule has 1 rings (SSSR count). The summed E-state index contributed by atoms with van der Waals surface area (Å²) in [6.45, 7) is 2.13. The van der Waals surface area contributed by atoms with E-state index in [-0.39, 0.29) is 6.04 Å². The topological polar surface area (TPSA) is 38.9 Å². The highest BCUT2D eigenvalue weighted by Gasteiger charge is 2.11. The molecule has 1 aromatic rings. The zero-order valence-corrected chi connectivity index (χ0v) is 9.65. The van der Waals surface area contributed by atoms with Gasteiger partial charge in [-0.1, -0.05) is 43.0 Å². The number of aromatic nitrogens is 1. The number of hydrogen-bond donors (Lipinski definition) is 1. The van der Waals surface area contributed by atoms with Gasteiger partial charge in [0.2, 0.25) is 0 Å². The van der Waals surface area contributed by atoms with Crippen LogP contribution in [0.5, 0.6) is 0 Å². The fourth-order valence-corrected chi connectivity index (χ4v) is 1.78. The van der Waals surface area contributed by atoms with Crippen molar-refractivity contribution in [3.63, 3.8) is 0 Å². The van der Waals surface area contributed by atoms with Crippen LogP contribution in [-0.2, 0) is 0 Å². The second-order valence-electron chi connectivity index (χ2n) is 3.27. The average Bonchev–Trinajstić information content (AvgIpc) is 2.14. The lowest BCUT2D eigenvalue weighted by Crippen LogP contribution is -2.12. The van der Waals surface area contributed by atoms with Crippen LogP contribution in [-0.4, -0.2) is 4.98 Å². The second kappa shape index (κ2) is 5.54. The van der Waals surface area contributed by atoms with Crippen molar-refractivity contribution in [3.05, 3.63) is 28.0 Å². The maximum atomic E-state index is 5.98. The van der Waals surface area contributed by atoms with Gasteiger partial charge in [0.15, 0.2) is 0 Å². The van der Waals surface area contributed by atoms with Gasteiger partial charge in [0.25, 0.3) is 0 Å². The van der Waals surface area contributed by atoms with E-state index in [4.69, 9.17) is 28.9 Å². The lowest BCUT2D eigenvalue weighted by atomic mass is 10.1. The van der Waals surface area contributed by atoms with Gasteiger partial charge in [-0.05, 0) is 12.5 Å². The Hall–Kier alpha value is -0.310. The molecular weight excluding hydrogens is 219 g/mol. The summed E-state index contributed by atoms with van der Waals surface area (Å²) in [6.07, 6.45) is 4.69. The predicted molar refractivity (Wildman–Crippen MR) is 60.7 cm³/mol. The van der Waals surface area contributed by atoms with Gasteiger partial charge in [-0.2, -0.15) is 0 Å². The Labute approximate surface area is 94.4 Å². The Balaban J connectivity index is 2.74. The Morgan fingerprint density at radius 2 is 2.21 bits per heavy atom. The first kappa shape index (κ1) is 11.8. The summed E-state index contributed by atoms with van der Waals surface area (Å²) in [5, 5.41) is 1.10. The molecule has 1 heterocycles. The molecule has 0 bridgehead atoms. The molecule has 2 N–H and O–H groups in total. The largest absolute Gasteiger partial charge is 0.323 e. The quantitative estimate of drug-likeness (QED) is 0.863. The third kappa shape index (κ3) is 3.12. The molecule has 0 aliphatic heterocycles. The van der Waals surface area contributed by atoms with E-state index in [9.17, 15) is 0 Å². The summed E-state index contributed by atoms with van der Waals surface area (Å²) in [5.41, 5.74) is 6.68. The number of hydrogen-bond acceptors (Lipinski definition) is 2. The minimum absolute atomic E-state index is 0.0836. The number of nitrogens with zero attached hydrogens (tertiary/aromatic N) is 1. The summed E-state index contributed by atoms with van der Waals surface area (Å²) in [6, 6.07) is 1.59. The molecule has 0 spiro atoms. The normalized spacial score (nSPS) is 12.9. The molecule has 1 atom stereocenters. The molecule has 1 aromatic heterocycles. The minimum Gasteiger partial charge on any atom is -0.323 e. The van der Waals surface area contributed by atoms with Crippen LogP contribution >= 0.6 is 23.2 Å². The number of nitrogens with two attached hydrogens (primary N) is 1. The summed E-state index contributed by atoms with van der Waals surface area (Å²) < 4.78 is 0. The van der Waals surface area contributed by atoms with Crippen LogP contribution in [0.4, 0.5) is 0 Å². The molecular formula is C10H14Cl2N2. The molecule has 0 fully saturated rings. The van der Waals surface area contributed by atoms with Gasteiger partial charge in [-0.3, -0.25) is 4.98 Å². The van der Waals surface area contributed by atoms with E-state index in [1.165, 1.54) is 0 Å². The summed E-state index contributed by atoms with van der Waals surface area (Å²) in [4.78, 5) is 4.14. The van der Waals surface area contributed by atoms with Crippen LogP contribution in [0.15, 0.2) is 12.3 Å². The molecule has 0 amide bonds. The fourth-order valence-electron chi connectivity index (χ4n) is 1.26. The molecule has 0 saturated heterocycles. The Morgan fingerprint density at radius 3 is 2.79 bits per heavy atom. The summed E-state index contributed by atoms with van der Waals surface area (Å²) in [7, 11) is 0. The molecule has 14 heavy (non-hydrogen) atoms. The summed E-state index contributed by atoms with van der Waals surface area (Å²) >= 11 is 11.7. The zero-order chi connectivity index (χ0) is 10.6. The van der Waals surface area contributed by atoms with Gasteiger partial charge in [-0.15, -0.1) is 0 Å². The molecule has 4 heteroatoms. The van der Waals surface area contributed by atoms with Gasteiger partial charge in [0.05, 0.1) is 15.7 Å². The lowest BCUT2D eigenvalue weighted by Gasteiger charge is -2.11. The standard InChI is InChI=1S/C10H14Cl2N2/c1-2-3-4-9(13)10-8(12)5-7(11)6-14-10/h5-6,9H,2-4,13H2,1H3. The molecule has 0 aromatic carbocycles. The minimum atomic E-state index is -0.0836. The van der Waals surface area contributed by atoms with Crippen LogP contribution < -0.4 is 5.73 Å². The van der Waals surface area contributed by atoms with Gasteiger partial charge in [0.1, 0.15) is 0 Å². The van der Waals surface area contributed by atoms with Gasteiger partial charge in [0, 0.05) is 12.2 Å². The maximum Gasteiger partial charge on any atom is 0.0757 e. The fraction of sp³-hybridized carbons (Fsp3) is 0.500. The van der Waals surface area contributed by atoms with Crippen molar-refractivity contribution in [2.75, 3.05) is 0 Å². The van der Waals surface area contributed by atoms with Crippen LogP contribution in [0.1, 0.15) is 37.9 Å². The van der Waals surface area contributed by atoms with Crippen molar-refractivity contribution in [2.24, 2.45) is 5.73 Å². The predicted octanol–water partition coefficient (Wildman–Crippen LogP) is 3.58. The first-order valence-electron chi connectivity index (χ1n) is 4.71. The van der Waals surface area contributed by atoms with E-state index in [1.54, 1.807) is 12.3 Å². The average molecular weight is 233 g/mol. The molecule has 0 aliphatic carbocycles. The number of halogens is 2. The highest BCUT2D eigenvalue weighted by Crippen LogP contribution is 2.25. The van der Waals surface area contributed by atoms with Crippen molar-refractivity contribution < 1.29 is 0 Å². The molecule has 78 valence electrons. The number of pyridine rings is 1. The van der Waals surface area contributed by atoms with Crippen molar-refractivity contribution in [3.8, 4) is 0 Å². The van der Waals surface area contributed by atoms with Crippen molar-refractivity contribution in [2.45, 2.75) is 32.2 Å². The molecule has 1 unspecified atom stereocenters. The van der Waals surface area contributed by atoms with Gasteiger partial charge < -0.3 is 5.73 Å². The highest BCUT2D eigenvalue weighted by molar-refractivity contribution is 6.34. The van der Waals surface area contributed by atoms with E-state index in [1.807, 2.05) is 0 Å². The summed E-state index contributed by atoms with van der Waals surface area (Å²) in [5.74, 6) is 0. The Morgan fingerprint density at radius 1 is 1.50 bits per heavy atom. The monoisotopic (exact) mass is 232 g/mol. The van der Waals surface area contributed by atoms with Gasteiger partial charge >= 0.3 is 0 Å². The van der Waals surface area contributed by atoms with Crippen LogP contribution in [0.2, 0.25) is 10.0 Å². The number of unbranched alkanes of at least 4 members (excludes halogenated alkanes) is 1. The third-order valence-corrected chi connectivity index (χ3v) is 2.57. The lowest BCUT2D eigenvalue weighted by molar-refractivity contribution is 0.591.